The second-order valence-corrected chi connectivity index (χ2v) is 6.61. The van der Waals surface area contributed by atoms with Crippen LogP contribution in [-0.2, 0) is 29.2 Å². The van der Waals surface area contributed by atoms with Gasteiger partial charge in [-0.3, -0.25) is 4.98 Å². The Morgan fingerprint density at radius 3 is 2.90 bits per heavy atom. The molecule has 0 saturated heterocycles. The number of nitrogens with one attached hydrogen (secondary N) is 1. The van der Waals surface area contributed by atoms with Crippen LogP contribution in [0.5, 0.6) is 5.75 Å². The molecular formula is C21H25N5O4. The quantitative estimate of drug-likeness (QED) is 0.436. The number of carboxylic acids is 1. The van der Waals surface area contributed by atoms with Crippen molar-refractivity contribution in [1.29, 1.82) is 0 Å². The average Bonchev–Trinajstić information content (AvgIpc) is 3.20. The molecule has 9 nitrogen and oxygen atoms in total. The molecule has 0 aliphatic heterocycles. The van der Waals surface area contributed by atoms with Gasteiger partial charge in [0, 0.05) is 44.1 Å². The highest BCUT2D eigenvalue weighted by molar-refractivity contribution is 5.69. The number of hydrogen-bond acceptors (Lipinski definition) is 7. The van der Waals surface area contributed by atoms with Gasteiger partial charge >= 0.3 is 5.97 Å². The van der Waals surface area contributed by atoms with Crippen LogP contribution in [0.15, 0.2) is 48.9 Å². The summed E-state index contributed by atoms with van der Waals surface area (Å²) < 4.78 is 12.5. The van der Waals surface area contributed by atoms with E-state index < -0.39 is 12.6 Å². The number of carbonyl (C=O) groups is 1. The van der Waals surface area contributed by atoms with Crippen LogP contribution < -0.4 is 10.1 Å². The number of benzene rings is 1. The van der Waals surface area contributed by atoms with Crippen LogP contribution in [-0.4, -0.2) is 51.1 Å². The standard InChI is InChI=1S/C21H25N5O4/c1-29-10-4-9-26-15-24-25-20(26)13-22-12-17-11-16(18-5-2-3-8-23-18)6-7-19(17)30-14-21(27)28/h2-3,5-8,11,15,22H,4,9-10,12-14H2,1H3,(H,27,28). The Morgan fingerprint density at radius 1 is 1.23 bits per heavy atom. The molecule has 158 valence electrons. The van der Waals surface area contributed by atoms with E-state index in [2.05, 4.69) is 20.5 Å². The molecule has 0 atom stereocenters. The van der Waals surface area contributed by atoms with E-state index in [1.54, 1.807) is 25.7 Å². The molecule has 0 amide bonds. The lowest BCUT2D eigenvalue weighted by molar-refractivity contribution is -0.139. The van der Waals surface area contributed by atoms with Gasteiger partial charge < -0.3 is 24.5 Å². The van der Waals surface area contributed by atoms with Crippen molar-refractivity contribution in [3.8, 4) is 17.0 Å². The first-order valence-electron chi connectivity index (χ1n) is 9.62. The van der Waals surface area contributed by atoms with Crippen LogP contribution in [0.2, 0.25) is 0 Å². The topological polar surface area (TPSA) is 111 Å². The predicted molar refractivity (Wildman–Crippen MR) is 110 cm³/mol. The van der Waals surface area contributed by atoms with Crippen LogP contribution >= 0.6 is 0 Å². The number of aromatic nitrogens is 4. The van der Waals surface area contributed by atoms with Gasteiger partial charge in [-0.1, -0.05) is 6.07 Å². The highest BCUT2D eigenvalue weighted by Crippen LogP contribution is 2.26. The predicted octanol–water partition coefficient (Wildman–Crippen LogP) is 2.13. The normalized spacial score (nSPS) is 10.8. The molecule has 0 spiro atoms. The third kappa shape index (κ3) is 6.10. The zero-order chi connectivity index (χ0) is 21.2. The zero-order valence-electron chi connectivity index (χ0n) is 16.8. The Bertz CT molecular complexity index is 946. The fraction of sp³-hybridized carbons (Fsp3) is 0.333. The summed E-state index contributed by atoms with van der Waals surface area (Å²) in [6, 6.07) is 11.3. The van der Waals surface area contributed by atoms with E-state index in [1.807, 2.05) is 34.9 Å². The third-order valence-electron chi connectivity index (χ3n) is 4.41. The van der Waals surface area contributed by atoms with Crippen LogP contribution in [0.4, 0.5) is 0 Å². The van der Waals surface area contributed by atoms with Crippen molar-refractivity contribution in [2.45, 2.75) is 26.1 Å². The number of ether oxygens (including phenoxy) is 2. The summed E-state index contributed by atoms with van der Waals surface area (Å²) in [7, 11) is 1.68. The van der Waals surface area contributed by atoms with Crippen molar-refractivity contribution < 1.29 is 19.4 Å². The van der Waals surface area contributed by atoms with Crippen LogP contribution in [0.1, 0.15) is 17.8 Å². The smallest absolute Gasteiger partial charge is 0.341 e. The van der Waals surface area contributed by atoms with Gasteiger partial charge in [-0.2, -0.15) is 0 Å². The molecular weight excluding hydrogens is 386 g/mol. The van der Waals surface area contributed by atoms with E-state index >= 15 is 0 Å². The van der Waals surface area contributed by atoms with E-state index in [0.717, 1.165) is 35.6 Å². The largest absolute Gasteiger partial charge is 0.482 e. The molecule has 2 N–H and O–H groups in total. The minimum Gasteiger partial charge on any atom is -0.482 e. The molecule has 0 radical (unpaired) electrons. The first-order valence-corrected chi connectivity index (χ1v) is 9.62. The first kappa shape index (κ1) is 21.4. The Morgan fingerprint density at radius 2 is 2.13 bits per heavy atom. The molecule has 30 heavy (non-hydrogen) atoms. The SMILES string of the molecule is COCCCn1cnnc1CNCc1cc(-c2ccccn2)ccc1OCC(=O)O. The van der Waals surface area contributed by atoms with Gasteiger partial charge in [-0.05, 0) is 36.8 Å². The molecule has 2 aromatic heterocycles. The van der Waals surface area contributed by atoms with Gasteiger partial charge in [0.15, 0.2) is 6.61 Å². The molecule has 0 saturated carbocycles. The number of hydrogen-bond donors (Lipinski definition) is 2. The van der Waals surface area contributed by atoms with Crippen molar-refractivity contribution in [2.24, 2.45) is 0 Å². The lowest BCUT2D eigenvalue weighted by atomic mass is 10.1. The number of carboxylic acid groups (broad SMARTS) is 1. The van der Waals surface area contributed by atoms with Gasteiger partial charge in [0.2, 0.25) is 0 Å². The molecule has 0 aliphatic carbocycles. The van der Waals surface area contributed by atoms with Crippen molar-refractivity contribution >= 4 is 5.97 Å². The van der Waals surface area contributed by atoms with Gasteiger partial charge in [0.25, 0.3) is 0 Å². The van der Waals surface area contributed by atoms with Crippen LogP contribution in [0.3, 0.4) is 0 Å². The third-order valence-corrected chi connectivity index (χ3v) is 4.41. The number of nitrogens with zero attached hydrogens (tertiary/aromatic N) is 4. The maximum atomic E-state index is 10.9. The first-order chi connectivity index (χ1) is 14.7. The molecule has 9 heteroatoms. The fourth-order valence-electron chi connectivity index (χ4n) is 2.98. The number of aryl methyl sites for hydroxylation is 1. The molecule has 2 heterocycles. The monoisotopic (exact) mass is 411 g/mol. The van der Waals surface area contributed by atoms with Crippen molar-refractivity contribution in [3.63, 3.8) is 0 Å². The molecule has 3 aromatic rings. The highest BCUT2D eigenvalue weighted by Gasteiger charge is 2.10. The lowest BCUT2D eigenvalue weighted by Gasteiger charge is -2.13. The minimum atomic E-state index is -1.02. The Kier molecular flexibility index (Phi) is 7.87. The summed E-state index contributed by atoms with van der Waals surface area (Å²) in [5.41, 5.74) is 2.60. The molecule has 3 rings (SSSR count). The maximum Gasteiger partial charge on any atom is 0.341 e. The van der Waals surface area contributed by atoms with Gasteiger partial charge in [-0.15, -0.1) is 10.2 Å². The summed E-state index contributed by atoms with van der Waals surface area (Å²) in [6.07, 6.45) is 4.31. The minimum absolute atomic E-state index is 0.399. The summed E-state index contributed by atoms with van der Waals surface area (Å²) in [5, 5.41) is 20.4. The maximum absolute atomic E-state index is 10.9. The summed E-state index contributed by atoms with van der Waals surface area (Å²) >= 11 is 0. The number of pyridine rings is 1. The summed E-state index contributed by atoms with van der Waals surface area (Å²) in [4.78, 5) is 15.3. The Hall–Kier alpha value is -3.30. The van der Waals surface area contributed by atoms with Crippen molar-refractivity contribution in [2.75, 3.05) is 20.3 Å². The van der Waals surface area contributed by atoms with Crippen LogP contribution in [0, 0.1) is 0 Å². The van der Waals surface area contributed by atoms with E-state index in [4.69, 9.17) is 14.6 Å². The molecule has 0 fully saturated rings. The Labute approximate surface area is 174 Å². The fourth-order valence-corrected chi connectivity index (χ4v) is 2.98. The summed E-state index contributed by atoms with van der Waals surface area (Å²) in [6.45, 7) is 2.04. The molecule has 0 bridgehead atoms. The second-order valence-electron chi connectivity index (χ2n) is 6.61. The van der Waals surface area contributed by atoms with Crippen molar-refractivity contribution in [3.05, 3.63) is 60.3 Å². The van der Waals surface area contributed by atoms with Gasteiger partial charge in [-0.25, -0.2) is 4.79 Å². The molecule has 1 aromatic carbocycles. The Balaban J connectivity index is 1.70. The van der Waals surface area contributed by atoms with Crippen molar-refractivity contribution in [1.82, 2.24) is 25.1 Å². The average molecular weight is 411 g/mol. The number of rotatable bonds is 12. The van der Waals surface area contributed by atoms with E-state index in [1.165, 1.54) is 0 Å². The number of aliphatic carboxylic acids is 1. The molecule has 0 aliphatic rings. The zero-order valence-corrected chi connectivity index (χ0v) is 16.8. The van der Waals surface area contributed by atoms with Gasteiger partial charge in [0.1, 0.15) is 17.9 Å². The highest BCUT2D eigenvalue weighted by atomic mass is 16.5. The second kappa shape index (κ2) is 11.0. The van der Waals surface area contributed by atoms with E-state index in [0.29, 0.717) is 25.4 Å². The lowest BCUT2D eigenvalue weighted by Crippen LogP contribution is -2.18. The van der Waals surface area contributed by atoms with Crippen LogP contribution in [0.25, 0.3) is 11.3 Å². The number of methoxy groups -OCH3 is 1. The van der Waals surface area contributed by atoms with E-state index in [9.17, 15) is 4.79 Å². The summed E-state index contributed by atoms with van der Waals surface area (Å²) in [5.74, 6) is 0.318. The van der Waals surface area contributed by atoms with E-state index in [-0.39, 0.29) is 0 Å². The molecule has 0 unspecified atom stereocenters. The van der Waals surface area contributed by atoms with Gasteiger partial charge in [0.05, 0.1) is 12.2 Å².